The molecule has 274 valence electrons. The van der Waals surface area contributed by atoms with Crippen molar-refractivity contribution >= 4 is 33.2 Å². The first-order valence-electron chi connectivity index (χ1n) is 17.2. The van der Waals surface area contributed by atoms with E-state index in [1.165, 1.54) is 50.3 Å². The Bertz CT molecular complexity index is 1970. The minimum atomic E-state index is -4.57. The fourth-order valence-corrected chi connectivity index (χ4v) is 7.85. The van der Waals surface area contributed by atoms with Crippen molar-refractivity contribution in [3.05, 3.63) is 124 Å². The molecule has 12 nitrogen and oxygen atoms in total. The number of hydrogen-bond donors (Lipinski definition) is 1. The molecular formula is C39H44N4O8S. The number of sulfonamides is 1. The van der Waals surface area contributed by atoms with Crippen molar-refractivity contribution < 1.29 is 32.4 Å². The van der Waals surface area contributed by atoms with Gasteiger partial charge in [0.05, 0.1) is 29.7 Å². The zero-order valence-electron chi connectivity index (χ0n) is 29.6. The quantitative estimate of drug-likeness (QED) is 0.112. The van der Waals surface area contributed by atoms with Crippen LogP contribution in [0.2, 0.25) is 0 Å². The molecule has 4 aromatic rings. The summed E-state index contributed by atoms with van der Waals surface area (Å²) in [4.78, 5) is 41.4. The average molecular weight is 729 g/mol. The molecule has 1 N–H and O–H groups in total. The number of hydrogen-bond acceptors (Lipinski definition) is 8. The van der Waals surface area contributed by atoms with Gasteiger partial charge in [-0.25, -0.2) is 8.42 Å². The SMILES string of the molecule is COc1ccc(N(CC(=O)N(Cc2cccc(OC)c2)C(Cc2ccccc2)C(=O)NC2CCCCC2)S(=O)(=O)c2ccc(C)c([N+](=O)[O-])c2)cc1. The van der Waals surface area contributed by atoms with Crippen LogP contribution in [0, 0.1) is 17.0 Å². The van der Waals surface area contributed by atoms with Gasteiger partial charge >= 0.3 is 0 Å². The second-order valence-corrected chi connectivity index (χ2v) is 14.7. The maximum atomic E-state index is 14.8. The number of nitrogens with zero attached hydrogens (tertiary/aromatic N) is 3. The number of ether oxygens (including phenoxy) is 2. The molecule has 4 aromatic carbocycles. The summed E-state index contributed by atoms with van der Waals surface area (Å²) in [6, 6.07) is 25.2. The summed E-state index contributed by atoms with van der Waals surface area (Å²) in [6.07, 6.45) is 4.92. The molecule has 52 heavy (non-hydrogen) atoms. The molecule has 1 saturated carbocycles. The number of amides is 2. The molecule has 2 amide bonds. The lowest BCUT2D eigenvalue weighted by atomic mass is 9.94. The van der Waals surface area contributed by atoms with Crippen LogP contribution in [-0.4, -0.2) is 62.9 Å². The van der Waals surface area contributed by atoms with Crippen LogP contribution >= 0.6 is 0 Å². The summed E-state index contributed by atoms with van der Waals surface area (Å²) in [6.45, 7) is 0.779. The van der Waals surface area contributed by atoms with Crippen molar-refractivity contribution in [3.8, 4) is 11.5 Å². The number of nitro groups is 1. The molecule has 0 bridgehead atoms. The van der Waals surface area contributed by atoms with Crippen molar-refractivity contribution in [2.75, 3.05) is 25.1 Å². The lowest BCUT2D eigenvalue weighted by Gasteiger charge is -2.35. The molecule has 0 aliphatic heterocycles. The Morgan fingerprint density at radius 3 is 2.19 bits per heavy atom. The zero-order chi connectivity index (χ0) is 37.3. The highest BCUT2D eigenvalue weighted by Gasteiger charge is 2.36. The van der Waals surface area contributed by atoms with Crippen molar-refractivity contribution in [2.24, 2.45) is 0 Å². The smallest absolute Gasteiger partial charge is 0.273 e. The monoisotopic (exact) mass is 728 g/mol. The molecule has 0 heterocycles. The Kier molecular flexibility index (Phi) is 12.5. The van der Waals surface area contributed by atoms with Gasteiger partial charge in [0.25, 0.3) is 15.7 Å². The van der Waals surface area contributed by atoms with E-state index in [1.54, 1.807) is 30.3 Å². The Morgan fingerprint density at radius 2 is 1.54 bits per heavy atom. The minimum Gasteiger partial charge on any atom is -0.497 e. The fraction of sp³-hybridized carbons (Fsp3) is 0.333. The molecule has 0 saturated heterocycles. The van der Waals surface area contributed by atoms with Crippen LogP contribution in [-0.2, 0) is 32.6 Å². The van der Waals surface area contributed by atoms with Gasteiger partial charge in [0.1, 0.15) is 24.1 Å². The predicted molar refractivity (Wildman–Crippen MR) is 198 cm³/mol. The normalized spacial score (nSPS) is 13.8. The van der Waals surface area contributed by atoms with E-state index in [9.17, 15) is 28.1 Å². The van der Waals surface area contributed by atoms with Gasteiger partial charge in [-0.1, -0.05) is 67.8 Å². The van der Waals surface area contributed by atoms with Gasteiger partial charge in [-0.2, -0.15) is 0 Å². The third-order valence-corrected chi connectivity index (χ3v) is 11.1. The standard InChI is InChI=1S/C39H44N4O8S/c1-28-17-22-35(25-36(28)43(46)47)52(48,49)42(32-18-20-33(50-2)21-19-32)27-38(44)41(26-30-13-10-16-34(23-30)51-3)37(24-29-11-6-4-7-12-29)39(45)40-31-14-8-5-9-15-31/h4,6-7,10-13,16-23,25,31,37H,5,8-9,14-15,24,26-27H2,1-3H3,(H,40,45). The van der Waals surface area contributed by atoms with Crippen LogP contribution in [0.1, 0.15) is 48.8 Å². The first-order valence-corrected chi connectivity index (χ1v) is 18.6. The van der Waals surface area contributed by atoms with Crippen LogP contribution in [0.5, 0.6) is 11.5 Å². The Morgan fingerprint density at radius 1 is 0.865 bits per heavy atom. The van der Waals surface area contributed by atoms with Gasteiger partial charge < -0.3 is 19.7 Å². The summed E-state index contributed by atoms with van der Waals surface area (Å²) in [7, 11) is -1.56. The number of benzene rings is 4. The number of nitrogens with one attached hydrogen (secondary N) is 1. The summed E-state index contributed by atoms with van der Waals surface area (Å²) < 4.78 is 40.5. The number of carbonyl (C=O) groups excluding carboxylic acids is 2. The highest BCUT2D eigenvalue weighted by Crippen LogP contribution is 2.30. The first-order chi connectivity index (χ1) is 25.0. The molecular weight excluding hydrogens is 685 g/mol. The molecule has 0 aromatic heterocycles. The van der Waals surface area contributed by atoms with Crippen molar-refractivity contribution in [2.45, 2.75) is 69.0 Å². The average Bonchev–Trinajstić information content (AvgIpc) is 3.16. The zero-order valence-corrected chi connectivity index (χ0v) is 30.4. The molecule has 0 spiro atoms. The lowest BCUT2D eigenvalue weighted by Crippen LogP contribution is -2.55. The summed E-state index contributed by atoms with van der Waals surface area (Å²) in [5, 5.41) is 15.0. The number of anilines is 1. The van der Waals surface area contributed by atoms with Gasteiger partial charge in [-0.05, 0) is 73.4 Å². The number of nitro benzene ring substituents is 1. The van der Waals surface area contributed by atoms with E-state index in [0.29, 0.717) is 17.1 Å². The molecule has 5 rings (SSSR count). The van der Waals surface area contributed by atoms with Crippen LogP contribution in [0.3, 0.4) is 0 Å². The lowest BCUT2D eigenvalue weighted by molar-refractivity contribution is -0.385. The molecule has 1 aliphatic rings. The molecule has 1 fully saturated rings. The van der Waals surface area contributed by atoms with E-state index < -0.39 is 33.4 Å². The van der Waals surface area contributed by atoms with E-state index in [4.69, 9.17) is 9.47 Å². The van der Waals surface area contributed by atoms with Gasteiger partial charge in [0.15, 0.2) is 0 Å². The highest BCUT2D eigenvalue weighted by molar-refractivity contribution is 7.92. The van der Waals surface area contributed by atoms with Crippen molar-refractivity contribution in [3.63, 3.8) is 0 Å². The van der Waals surface area contributed by atoms with Gasteiger partial charge in [0, 0.05) is 30.6 Å². The first kappa shape index (κ1) is 37.8. The summed E-state index contributed by atoms with van der Waals surface area (Å²) in [5.74, 6) is 0.0310. The van der Waals surface area contributed by atoms with Crippen LogP contribution in [0.4, 0.5) is 11.4 Å². The molecule has 13 heteroatoms. The van der Waals surface area contributed by atoms with E-state index in [-0.39, 0.29) is 46.7 Å². The van der Waals surface area contributed by atoms with Gasteiger partial charge in [0.2, 0.25) is 11.8 Å². The van der Waals surface area contributed by atoms with Crippen LogP contribution in [0.15, 0.2) is 102 Å². The summed E-state index contributed by atoms with van der Waals surface area (Å²) in [5.41, 5.74) is 1.54. The number of rotatable bonds is 15. The van der Waals surface area contributed by atoms with Crippen molar-refractivity contribution in [1.82, 2.24) is 10.2 Å². The Hall–Kier alpha value is -5.43. The third kappa shape index (κ3) is 9.26. The fourth-order valence-electron chi connectivity index (χ4n) is 6.42. The van der Waals surface area contributed by atoms with Crippen LogP contribution in [0.25, 0.3) is 0 Å². The maximum Gasteiger partial charge on any atom is 0.273 e. The van der Waals surface area contributed by atoms with E-state index in [1.807, 2.05) is 36.4 Å². The Labute approximate surface area is 304 Å². The van der Waals surface area contributed by atoms with Crippen LogP contribution < -0.4 is 19.1 Å². The molecule has 1 aliphatic carbocycles. The Balaban J connectivity index is 1.60. The highest BCUT2D eigenvalue weighted by atomic mass is 32.2. The molecule has 1 unspecified atom stereocenters. The van der Waals surface area contributed by atoms with Gasteiger partial charge in [-0.3, -0.25) is 24.0 Å². The molecule has 0 radical (unpaired) electrons. The second kappa shape index (κ2) is 17.2. The van der Waals surface area contributed by atoms with Crippen molar-refractivity contribution in [1.29, 1.82) is 0 Å². The topological polar surface area (TPSA) is 148 Å². The number of carbonyl (C=O) groups is 2. The van der Waals surface area contributed by atoms with E-state index in [2.05, 4.69) is 5.32 Å². The largest absolute Gasteiger partial charge is 0.497 e. The predicted octanol–water partition coefficient (Wildman–Crippen LogP) is 6.20. The van der Waals surface area contributed by atoms with E-state index >= 15 is 0 Å². The second-order valence-electron chi connectivity index (χ2n) is 12.8. The molecule has 1 atom stereocenters. The minimum absolute atomic E-state index is 0.0296. The van der Waals surface area contributed by atoms with E-state index in [0.717, 1.165) is 48.0 Å². The summed E-state index contributed by atoms with van der Waals surface area (Å²) >= 11 is 0. The van der Waals surface area contributed by atoms with Gasteiger partial charge in [-0.15, -0.1) is 0 Å². The maximum absolute atomic E-state index is 14.8. The number of aryl methyl sites for hydroxylation is 1. The third-order valence-electron chi connectivity index (χ3n) is 9.31. The number of methoxy groups -OCH3 is 2.